The second kappa shape index (κ2) is 6.55. The van der Waals surface area contributed by atoms with Gasteiger partial charge in [0, 0.05) is 12.1 Å². The van der Waals surface area contributed by atoms with Crippen molar-refractivity contribution in [1.29, 1.82) is 0 Å². The Balaban J connectivity index is 2.49. The molecule has 22 heavy (non-hydrogen) atoms. The molecule has 1 N–H and O–H groups in total. The zero-order chi connectivity index (χ0) is 16.3. The minimum atomic E-state index is -0.422. The summed E-state index contributed by atoms with van der Waals surface area (Å²) in [6.45, 7) is 7.69. The maximum absolute atomic E-state index is 11.2. The maximum atomic E-state index is 11.2. The van der Waals surface area contributed by atoms with E-state index in [1.807, 2.05) is 20.8 Å². The number of anilines is 1. The Labute approximate surface area is 128 Å². The molecule has 0 bridgehead atoms. The first-order valence-electron chi connectivity index (χ1n) is 7.33. The third-order valence-electron chi connectivity index (χ3n) is 3.69. The van der Waals surface area contributed by atoms with Crippen LogP contribution in [-0.4, -0.2) is 21.1 Å². The van der Waals surface area contributed by atoms with E-state index in [1.54, 1.807) is 13.0 Å². The van der Waals surface area contributed by atoms with Gasteiger partial charge in [-0.25, -0.2) is 4.98 Å². The lowest BCUT2D eigenvalue weighted by Crippen LogP contribution is -2.19. The standard InChI is InChI=1S/C15H20N4O3/c1-5-11(6-2)16-15-13(19(20)21)8-7-12(17-15)14-9(3)18-22-10(14)4/h7-8,11H,5-6H2,1-4H3,(H,16,17). The topological polar surface area (TPSA) is 94.1 Å². The summed E-state index contributed by atoms with van der Waals surface area (Å²) in [6, 6.07) is 3.24. The summed E-state index contributed by atoms with van der Waals surface area (Å²) in [5.74, 6) is 0.934. The number of nitro groups is 1. The van der Waals surface area contributed by atoms with E-state index in [0.717, 1.165) is 18.4 Å². The van der Waals surface area contributed by atoms with Crippen molar-refractivity contribution in [2.45, 2.75) is 46.6 Å². The van der Waals surface area contributed by atoms with Crippen LogP contribution in [0.1, 0.15) is 38.1 Å². The van der Waals surface area contributed by atoms with Crippen LogP contribution in [0.2, 0.25) is 0 Å². The van der Waals surface area contributed by atoms with E-state index >= 15 is 0 Å². The van der Waals surface area contributed by atoms with Gasteiger partial charge in [-0.2, -0.15) is 0 Å². The lowest BCUT2D eigenvalue weighted by atomic mass is 10.1. The van der Waals surface area contributed by atoms with Gasteiger partial charge in [0.1, 0.15) is 5.76 Å². The molecule has 2 aromatic rings. The summed E-state index contributed by atoms with van der Waals surface area (Å²) in [4.78, 5) is 15.2. The van der Waals surface area contributed by atoms with Gasteiger partial charge in [-0.15, -0.1) is 0 Å². The highest BCUT2D eigenvalue weighted by Crippen LogP contribution is 2.31. The lowest BCUT2D eigenvalue weighted by Gasteiger charge is -2.16. The smallest absolute Gasteiger partial charge is 0.311 e. The molecule has 0 fully saturated rings. The minimum Gasteiger partial charge on any atom is -0.362 e. The van der Waals surface area contributed by atoms with Crippen molar-refractivity contribution in [3.63, 3.8) is 0 Å². The summed E-state index contributed by atoms with van der Waals surface area (Å²) >= 11 is 0. The number of nitrogens with zero attached hydrogens (tertiary/aromatic N) is 3. The van der Waals surface area contributed by atoms with Crippen molar-refractivity contribution >= 4 is 11.5 Å². The van der Waals surface area contributed by atoms with Crippen LogP contribution in [-0.2, 0) is 0 Å². The molecule has 0 spiro atoms. The molecule has 0 aliphatic heterocycles. The number of pyridine rings is 1. The molecule has 0 unspecified atom stereocenters. The summed E-state index contributed by atoms with van der Waals surface area (Å²) in [5, 5.41) is 18.3. The normalized spacial score (nSPS) is 11.0. The first-order valence-corrected chi connectivity index (χ1v) is 7.33. The molecule has 0 amide bonds. The van der Waals surface area contributed by atoms with E-state index in [9.17, 15) is 10.1 Å². The molecule has 2 rings (SSSR count). The minimum absolute atomic E-state index is 0.0255. The van der Waals surface area contributed by atoms with Gasteiger partial charge in [0.15, 0.2) is 0 Å². The van der Waals surface area contributed by atoms with Gasteiger partial charge in [0.25, 0.3) is 0 Å². The highest BCUT2D eigenvalue weighted by atomic mass is 16.6. The van der Waals surface area contributed by atoms with E-state index < -0.39 is 4.92 Å². The van der Waals surface area contributed by atoms with Crippen LogP contribution >= 0.6 is 0 Å². The van der Waals surface area contributed by atoms with Gasteiger partial charge in [0.05, 0.1) is 21.9 Å². The second-order valence-corrected chi connectivity index (χ2v) is 5.18. The molecule has 0 aromatic carbocycles. The van der Waals surface area contributed by atoms with Gasteiger partial charge in [-0.3, -0.25) is 10.1 Å². The van der Waals surface area contributed by atoms with Crippen LogP contribution in [0.3, 0.4) is 0 Å². The van der Waals surface area contributed by atoms with Crippen molar-refractivity contribution in [2.75, 3.05) is 5.32 Å². The van der Waals surface area contributed by atoms with Crippen molar-refractivity contribution < 1.29 is 9.45 Å². The molecule has 0 aliphatic rings. The van der Waals surface area contributed by atoms with Crippen LogP contribution in [0.25, 0.3) is 11.3 Å². The highest BCUT2D eigenvalue weighted by Gasteiger charge is 2.21. The summed E-state index contributed by atoms with van der Waals surface area (Å²) in [7, 11) is 0. The first kappa shape index (κ1) is 15.9. The molecule has 0 radical (unpaired) electrons. The molecule has 7 heteroatoms. The van der Waals surface area contributed by atoms with Gasteiger partial charge in [-0.1, -0.05) is 19.0 Å². The van der Waals surface area contributed by atoms with E-state index in [2.05, 4.69) is 15.5 Å². The van der Waals surface area contributed by atoms with E-state index in [4.69, 9.17) is 4.52 Å². The number of nitrogens with one attached hydrogen (secondary N) is 1. The first-order chi connectivity index (χ1) is 10.5. The molecule has 2 heterocycles. The van der Waals surface area contributed by atoms with Crippen LogP contribution in [0.5, 0.6) is 0 Å². The zero-order valence-corrected chi connectivity index (χ0v) is 13.2. The Bertz CT molecular complexity index is 658. The zero-order valence-electron chi connectivity index (χ0n) is 13.2. The molecule has 2 aromatic heterocycles. The van der Waals surface area contributed by atoms with Crippen molar-refractivity contribution in [2.24, 2.45) is 0 Å². The Hall–Kier alpha value is -2.44. The average Bonchev–Trinajstić information content (AvgIpc) is 2.83. The lowest BCUT2D eigenvalue weighted by molar-refractivity contribution is -0.384. The SMILES string of the molecule is CCC(CC)Nc1nc(-c2c(C)noc2C)ccc1[N+](=O)[O-]. The Morgan fingerprint density at radius 2 is 2.00 bits per heavy atom. The molecular weight excluding hydrogens is 284 g/mol. The predicted octanol–water partition coefficient (Wildman–Crippen LogP) is 3.86. The predicted molar refractivity (Wildman–Crippen MR) is 83.9 cm³/mol. The van der Waals surface area contributed by atoms with Crippen molar-refractivity contribution in [1.82, 2.24) is 10.1 Å². The Morgan fingerprint density at radius 1 is 1.32 bits per heavy atom. The van der Waals surface area contributed by atoms with E-state index in [-0.39, 0.29) is 17.5 Å². The van der Waals surface area contributed by atoms with Crippen LogP contribution in [0, 0.1) is 24.0 Å². The van der Waals surface area contributed by atoms with Gasteiger partial charge < -0.3 is 9.84 Å². The summed E-state index contributed by atoms with van der Waals surface area (Å²) < 4.78 is 5.15. The van der Waals surface area contributed by atoms with Crippen molar-refractivity contribution in [3.8, 4) is 11.3 Å². The molecular formula is C15H20N4O3. The second-order valence-electron chi connectivity index (χ2n) is 5.18. The van der Waals surface area contributed by atoms with Crippen molar-refractivity contribution in [3.05, 3.63) is 33.7 Å². The van der Waals surface area contributed by atoms with Gasteiger partial charge in [0.2, 0.25) is 5.82 Å². The average molecular weight is 304 g/mol. The van der Waals surface area contributed by atoms with E-state index in [0.29, 0.717) is 17.1 Å². The van der Waals surface area contributed by atoms with Crippen LogP contribution in [0.15, 0.2) is 16.7 Å². The molecule has 0 aliphatic carbocycles. The number of hydrogen-bond acceptors (Lipinski definition) is 6. The maximum Gasteiger partial charge on any atom is 0.311 e. The number of aryl methyl sites for hydroxylation is 2. The molecule has 0 saturated carbocycles. The third kappa shape index (κ3) is 3.08. The Morgan fingerprint density at radius 3 is 2.50 bits per heavy atom. The monoisotopic (exact) mass is 304 g/mol. The molecule has 118 valence electrons. The van der Waals surface area contributed by atoms with Gasteiger partial charge >= 0.3 is 5.69 Å². The third-order valence-corrected chi connectivity index (χ3v) is 3.69. The quantitative estimate of drug-likeness (QED) is 0.643. The fraction of sp³-hybridized carbons (Fsp3) is 0.467. The van der Waals surface area contributed by atoms with E-state index in [1.165, 1.54) is 6.07 Å². The summed E-state index contributed by atoms with van der Waals surface area (Å²) in [5.41, 5.74) is 2.09. The molecule has 0 saturated heterocycles. The Kier molecular flexibility index (Phi) is 4.75. The fourth-order valence-corrected chi connectivity index (χ4v) is 2.38. The number of rotatable bonds is 6. The number of aromatic nitrogens is 2. The highest BCUT2D eigenvalue weighted by molar-refractivity contribution is 5.69. The number of hydrogen-bond donors (Lipinski definition) is 1. The molecule has 7 nitrogen and oxygen atoms in total. The van der Waals surface area contributed by atoms with Crippen LogP contribution < -0.4 is 5.32 Å². The molecule has 0 atom stereocenters. The summed E-state index contributed by atoms with van der Waals surface area (Å²) in [6.07, 6.45) is 1.73. The largest absolute Gasteiger partial charge is 0.362 e. The fourth-order valence-electron chi connectivity index (χ4n) is 2.38. The van der Waals surface area contributed by atoms with Crippen LogP contribution in [0.4, 0.5) is 11.5 Å². The van der Waals surface area contributed by atoms with Gasteiger partial charge in [-0.05, 0) is 32.8 Å².